The third-order valence-electron chi connectivity index (χ3n) is 7.78. The van der Waals surface area contributed by atoms with E-state index in [2.05, 4.69) is 5.32 Å². The van der Waals surface area contributed by atoms with Gasteiger partial charge in [-0.2, -0.15) is 0 Å². The Bertz CT molecular complexity index is 1490. The minimum absolute atomic E-state index is 0.0568. The number of carbonyl (C=O) groups is 2. The predicted octanol–water partition coefficient (Wildman–Crippen LogP) is 4.48. The minimum atomic E-state index is -3.90. The highest BCUT2D eigenvalue weighted by atomic mass is 32.2. The normalized spacial score (nSPS) is 14.1. The Morgan fingerprint density at radius 1 is 0.907 bits per heavy atom. The zero-order chi connectivity index (χ0) is 31.0. The number of rotatable bonds is 13. The van der Waals surface area contributed by atoms with Crippen molar-refractivity contribution in [2.24, 2.45) is 0 Å². The number of aryl methyl sites for hydroxylation is 1. The molecule has 3 aromatic rings. The molecule has 0 spiro atoms. The van der Waals surface area contributed by atoms with Crippen LogP contribution in [-0.4, -0.2) is 64.2 Å². The van der Waals surface area contributed by atoms with Crippen molar-refractivity contribution in [1.29, 1.82) is 0 Å². The van der Waals surface area contributed by atoms with Crippen LogP contribution >= 0.6 is 0 Å². The minimum Gasteiger partial charge on any atom is -0.493 e. The van der Waals surface area contributed by atoms with Gasteiger partial charge in [-0.25, -0.2) is 8.42 Å². The van der Waals surface area contributed by atoms with Gasteiger partial charge in [0, 0.05) is 25.1 Å². The highest BCUT2D eigenvalue weighted by Gasteiger charge is 2.34. The van der Waals surface area contributed by atoms with E-state index in [9.17, 15) is 18.0 Å². The van der Waals surface area contributed by atoms with Crippen LogP contribution in [0.1, 0.15) is 42.4 Å². The summed E-state index contributed by atoms with van der Waals surface area (Å²) in [6.07, 6.45) is 5.24. The second kappa shape index (κ2) is 14.4. The summed E-state index contributed by atoms with van der Waals surface area (Å²) >= 11 is 0. The van der Waals surface area contributed by atoms with E-state index in [1.54, 1.807) is 12.1 Å². The number of hydrogen-bond acceptors (Lipinski definition) is 6. The predicted molar refractivity (Wildman–Crippen MR) is 168 cm³/mol. The maximum atomic E-state index is 14.3. The summed E-state index contributed by atoms with van der Waals surface area (Å²) in [4.78, 5) is 29.7. The van der Waals surface area contributed by atoms with E-state index in [-0.39, 0.29) is 30.6 Å². The first-order valence-electron chi connectivity index (χ1n) is 14.5. The second-order valence-corrected chi connectivity index (χ2v) is 12.9. The Morgan fingerprint density at radius 2 is 1.56 bits per heavy atom. The number of nitrogens with zero attached hydrogens (tertiary/aromatic N) is 2. The lowest BCUT2D eigenvalue weighted by Gasteiger charge is -2.34. The molecule has 0 bridgehead atoms. The summed E-state index contributed by atoms with van der Waals surface area (Å²) in [5.74, 6) is 0.0190. The van der Waals surface area contributed by atoms with Crippen molar-refractivity contribution in [2.45, 2.75) is 57.7 Å². The molecule has 4 rings (SSSR count). The molecule has 0 saturated heterocycles. The van der Waals surface area contributed by atoms with Gasteiger partial charge in [-0.05, 0) is 43.0 Å². The van der Waals surface area contributed by atoms with Gasteiger partial charge >= 0.3 is 0 Å². The summed E-state index contributed by atoms with van der Waals surface area (Å²) in [7, 11) is -0.960. The van der Waals surface area contributed by atoms with Crippen LogP contribution < -0.4 is 19.1 Å². The smallest absolute Gasteiger partial charge is 0.244 e. The largest absolute Gasteiger partial charge is 0.493 e. The Kier molecular flexibility index (Phi) is 10.7. The molecule has 3 aromatic carbocycles. The fourth-order valence-corrected chi connectivity index (χ4v) is 6.25. The van der Waals surface area contributed by atoms with Crippen LogP contribution in [0.25, 0.3) is 0 Å². The molecule has 43 heavy (non-hydrogen) atoms. The Hall–Kier alpha value is -4.05. The lowest BCUT2D eigenvalue weighted by molar-refractivity contribution is -0.140. The van der Waals surface area contributed by atoms with E-state index < -0.39 is 28.5 Å². The first kappa shape index (κ1) is 31.9. The highest BCUT2D eigenvalue weighted by Crippen LogP contribution is 2.32. The molecule has 10 heteroatoms. The van der Waals surface area contributed by atoms with Gasteiger partial charge in [-0.15, -0.1) is 0 Å². The highest BCUT2D eigenvalue weighted by molar-refractivity contribution is 7.92. The number of carbonyl (C=O) groups excluding carboxylic acids is 2. The van der Waals surface area contributed by atoms with Crippen molar-refractivity contribution in [2.75, 3.05) is 31.3 Å². The maximum absolute atomic E-state index is 14.3. The fourth-order valence-electron chi connectivity index (χ4n) is 5.41. The van der Waals surface area contributed by atoms with E-state index in [4.69, 9.17) is 9.47 Å². The number of nitrogens with one attached hydrogen (secondary N) is 1. The van der Waals surface area contributed by atoms with Crippen molar-refractivity contribution in [3.63, 3.8) is 0 Å². The Balaban J connectivity index is 1.73. The average molecular weight is 608 g/mol. The molecule has 1 saturated carbocycles. The summed E-state index contributed by atoms with van der Waals surface area (Å²) in [6, 6.07) is 21.2. The molecule has 1 fully saturated rings. The van der Waals surface area contributed by atoms with Crippen molar-refractivity contribution in [3.8, 4) is 11.5 Å². The van der Waals surface area contributed by atoms with Crippen LogP contribution in [0.3, 0.4) is 0 Å². The molecule has 0 aliphatic heterocycles. The fraction of sp³-hybridized carbons (Fsp3) is 0.394. The first-order chi connectivity index (χ1) is 20.6. The number of sulfonamides is 1. The molecule has 1 aliphatic rings. The van der Waals surface area contributed by atoms with E-state index in [0.29, 0.717) is 11.5 Å². The molecule has 1 N–H and O–H groups in total. The van der Waals surface area contributed by atoms with E-state index in [0.717, 1.165) is 52.9 Å². The summed E-state index contributed by atoms with van der Waals surface area (Å²) < 4.78 is 37.9. The van der Waals surface area contributed by atoms with Crippen LogP contribution in [0.4, 0.5) is 5.69 Å². The van der Waals surface area contributed by atoms with Gasteiger partial charge < -0.3 is 19.7 Å². The third-order valence-corrected chi connectivity index (χ3v) is 8.92. The quantitative estimate of drug-likeness (QED) is 0.307. The van der Waals surface area contributed by atoms with Crippen LogP contribution in [0.5, 0.6) is 11.5 Å². The molecule has 0 unspecified atom stereocenters. The van der Waals surface area contributed by atoms with Crippen molar-refractivity contribution < 1.29 is 27.5 Å². The van der Waals surface area contributed by atoms with Crippen LogP contribution in [0.2, 0.25) is 0 Å². The molecule has 9 nitrogen and oxygen atoms in total. The van der Waals surface area contributed by atoms with Crippen molar-refractivity contribution in [3.05, 3.63) is 89.5 Å². The Morgan fingerprint density at radius 3 is 2.16 bits per heavy atom. The molecule has 1 atom stereocenters. The monoisotopic (exact) mass is 607 g/mol. The molecular formula is C33H41N3O6S. The molecule has 0 aromatic heterocycles. The average Bonchev–Trinajstić information content (AvgIpc) is 3.51. The van der Waals surface area contributed by atoms with Crippen LogP contribution in [0.15, 0.2) is 72.8 Å². The summed E-state index contributed by atoms with van der Waals surface area (Å²) in [6.45, 7) is 1.62. The number of benzene rings is 3. The van der Waals surface area contributed by atoms with Gasteiger partial charge in [0.05, 0.1) is 26.2 Å². The van der Waals surface area contributed by atoms with E-state index >= 15 is 0 Å². The second-order valence-electron chi connectivity index (χ2n) is 11.0. The number of anilines is 1. The SMILES string of the molecule is COc1ccc(N(CC(=O)N(Cc2ccc(C)cc2)[C@H](Cc2ccccc2)C(=O)NC2CCCC2)S(C)(=O)=O)cc1OC. The molecule has 2 amide bonds. The van der Waals surface area contributed by atoms with Gasteiger partial charge in [-0.3, -0.25) is 13.9 Å². The van der Waals surface area contributed by atoms with Crippen molar-refractivity contribution >= 4 is 27.5 Å². The number of methoxy groups -OCH3 is 2. The number of hydrogen-bond donors (Lipinski definition) is 1. The van der Waals surface area contributed by atoms with Gasteiger partial charge in [0.15, 0.2) is 11.5 Å². The standard InChI is InChI=1S/C33H41N3O6S/c1-24-14-16-26(17-15-24)22-35(29(20-25-10-6-5-7-11-25)33(38)34-27-12-8-9-13-27)32(37)23-36(43(4,39)40)28-18-19-30(41-2)31(21-28)42-3/h5-7,10-11,14-19,21,27,29H,8-9,12-13,20,22-23H2,1-4H3,(H,34,38)/t29-/m1/s1. The zero-order valence-corrected chi connectivity index (χ0v) is 26.1. The van der Waals surface area contributed by atoms with E-state index in [1.807, 2.05) is 61.5 Å². The summed E-state index contributed by atoms with van der Waals surface area (Å²) in [5, 5.41) is 3.18. The molecular weight excluding hydrogens is 566 g/mol. The zero-order valence-electron chi connectivity index (χ0n) is 25.3. The van der Waals surface area contributed by atoms with Crippen LogP contribution in [-0.2, 0) is 32.6 Å². The number of amides is 2. The topological polar surface area (TPSA) is 105 Å². The Labute approximate surface area is 254 Å². The van der Waals surface area contributed by atoms with Gasteiger partial charge in [0.25, 0.3) is 0 Å². The molecule has 1 aliphatic carbocycles. The lowest BCUT2D eigenvalue weighted by Crippen LogP contribution is -2.54. The third kappa shape index (κ3) is 8.50. The van der Waals surface area contributed by atoms with E-state index in [1.165, 1.54) is 25.2 Å². The molecule has 0 heterocycles. The van der Waals surface area contributed by atoms with Gasteiger partial charge in [0.2, 0.25) is 21.8 Å². The van der Waals surface area contributed by atoms with Gasteiger partial charge in [-0.1, -0.05) is 73.0 Å². The van der Waals surface area contributed by atoms with Crippen LogP contribution in [0, 0.1) is 6.92 Å². The molecule has 230 valence electrons. The maximum Gasteiger partial charge on any atom is 0.244 e. The molecule has 0 radical (unpaired) electrons. The number of ether oxygens (including phenoxy) is 2. The lowest BCUT2D eigenvalue weighted by atomic mass is 10.0. The first-order valence-corrected chi connectivity index (χ1v) is 16.3. The summed E-state index contributed by atoms with van der Waals surface area (Å²) in [5.41, 5.74) is 3.05. The van der Waals surface area contributed by atoms with Gasteiger partial charge in [0.1, 0.15) is 12.6 Å². The van der Waals surface area contributed by atoms with Crippen molar-refractivity contribution in [1.82, 2.24) is 10.2 Å².